The first-order valence-electron chi connectivity index (χ1n) is 22.2. The minimum Gasteiger partial charge on any atom is -0.462 e. The van der Waals surface area contributed by atoms with E-state index in [1.54, 1.807) is 0 Å². The summed E-state index contributed by atoms with van der Waals surface area (Å²) in [4.78, 5) is 25.0. The van der Waals surface area contributed by atoms with Crippen LogP contribution in [-0.4, -0.2) is 37.9 Å². The van der Waals surface area contributed by atoms with Gasteiger partial charge in [-0.25, -0.2) is 0 Å². The number of rotatable bonds is 41. The van der Waals surface area contributed by atoms with Crippen molar-refractivity contribution in [1.82, 2.24) is 0 Å². The summed E-state index contributed by atoms with van der Waals surface area (Å²) in [6.45, 7) is 7.78. The summed E-state index contributed by atoms with van der Waals surface area (Å²) in [5.41, 5.74) is 0. The zero-order valence-electron chi connectivity index (χ0n) is 33.9. The summed E-state index contributed by atoms with van der Waals surface area (Å²) in [6.07, 6.45) is 45.2. The first-order valence-corrected chi connectivity index (χ1v) is 22.2. The van der Waals surface area contributed by atoms with Gasteiger partial charge >= 0.3 is 11.9 Å². The Kier molecular flexibility index (Phi) is 40.9. The molecule has 1 atom stereocenters. The van der Waals surface area contributed by atoms with Crippen LogP contribution in [0.5, 0.6) is 0 Å². The Bertz CT molecular complexity index is 720. The molecular formula is C45H86O5. The lowest BCUT2D eigenvalue weighted by Gasteiger charge is -2.18. The first-order chi connectivity index (χ1) is 24.6. The van der Waals surface area contributed by atoms with Gasteiger partial charge in [-0.2, -0.15) is 0 Å². The maximum atomic E-state index is 12.5. The van der Waals surface area contributed by atoms with E-state index in [0.717, 1.165) is 38.5 Å². The number of hydrogen-bond acceptors (Lipinski definition) is 5. The highest BCUT2D eigenvalue weighted by Gasteiger charge is 2.17. The largest absolute Gasteiger partial charge is 0.462 e. The van der Waals surface area contributed by atoms with Gasteiger partial charge in [0.2, 0.25) is 0 Å². The molecule has 50 heavy (non-hydrogen) atoms. The van der Waals surface area contributed by atoms with E-state index >= 15 is 0 Å². The van der Waals surface area contributed by atoms with E-state index in [0.29, 0.717) is 26.1 Å². The number of ether oxygens (including phenoxy) is 3. The van der Waals surface area contributed by atoms with Crippen LogP contribution < -0.4 is 0 Å². The standard InChI is InChI=1S/C45H86O5/c1-4-7-10-13-15-17-19-21-22-23-24-25-26-28-30-33-35-38-44(46)49-42-43(50-45(47)39-36-32-12-9-6-3)41-48-40-37-34-31-29-27-20-18-16-14-11-8-5-2/h21-22,43H,4-20,23-42H2,1-3H3/b22-21-. The van der Waals surface area contributed by atoms with Gasteiger partial charge in [-0.05, 0) is 44.9 Å². The Morgan fingerprint density at radius 3 is 1.22 bits per heavy atom. The molecule has 0 aromatic carbocycles. The molecule has 5 nitrogen and oxygen atoms in total. The fourth-order valence-corrected chi connectivity index (χ4v) is 6.45. The zero-order chi connectivity index (χ0) is 36.4. The highest BCUT2D eigenvalue weighted by atomic mass is 16.6. The van der Waals surface area contributed by atoms with Gasteiger partial charge in [-0.1, -0.05) is 193 Å². The minimum absolute atomic E-state index is 0.0895. The van der Waals surface area contributed by atoms with Gasteiger partial charge in [-0.3, -0.25) is 9.59 Å². The van der Waals surface area contributed by atoms with Gasteiger partial charge in [0.25, 0.3) is 0 Å². The van der Waals surface area contributed by atoms with Crippen molar-refractivity contribution in [2.45, 2.75) is 245 Å². The molecule has 0 aromatic heterocycles. The summed E-state index contributed by atoms with van der Waals surface area (Å²) in [5, 5.41) is 0. The fourth-order valence-electron chi connectivity index (χ4n) is 6.45. The third-order valence-electron chi connectivity index (χ3n) is 9.80. The van der Waals surface area contributed by atoms with Crippen molar-refractivity contribution in [2.75, 3.05) is 19.8 Å². The molecule has 0 saturated heterocycles. The molecule has 0 rings (SSSR count). The lowest BCUT2D eigenvalue weighted by Crippen LogP contribution is -2.30. The third kappa shape index (κ3) is 39.4. The number of esters is 2. The quantitative estimate of drug-likeness (QED) is 0.0360. The second-order valence-electron chi connectivity index (χ2n) is 15.0. The van der Waals surface area contributed by atoms with Gasteiger partial charge < -0.3 is 14.2 Å². The van der Waals surface area contributed by atoms with Crippen molar-refractivity contribution in [2.24, 2.45) is 0 Å². The summed E-state index contributed by atoms with van der Waals surface area (Å²) in [6, 6.07) is 0. The van der Waals surface area contributed by atoms with Crippen LogP contribution in [0.3, 0.4) is 0 Å². The smallest absolute Gasteiger partial charge is 0.306 e. The Morgan fingerprint density at radius 1 is 0.420 bits per heavy atom. The van der Waals surface area contributed by atoms with Crippen molar-refractivity contribution in [3.8, 4) is 0 Å². The average Bonchev–Trinajstić information content (AvgIpc) is 3.11. The summed E-state index contributed by atoms with van der Waals surface area (Å²) < 4.78 is 17.2. The molecule has 0 heterocycles. The summed E-state index contributed by atoms with van der Waals surface area (Å²) in [5.74, 6) is -0.403. The molecule has 0 saturated carbocycles. The van der Waals surface area contributed by atoms with E-state index in [1.807, 2.05) is 0 Å². The van der Waals surface area contributed by atoms with Crippen molar-refractivity contribution >= 4 is 11.9 Å². The molecule has 0 amide bonds. The van der Waals surface area contributed by atoms with Gasteiger partial charge in [-0.15, -0.1) is 0 Å². The topological polar surface area (TPSA) is 61.8 Å². The number of allylic oxidation sites excluding steroid dienone is 2. The highest BCUT2D eigenvalue weighted by molar-refractivity contribution is 5.70. The van der Waals surface area contributed by atoms with E-state index in [4.69, 9.17) is 14.2 Å². The highest BCUT2D eigenvalue weighted by Crippen LogP contribution is 2.14. The van der Waals surface area contributed by atoms with Gasteiger partial charge in [0, 0.05) is 19.4 Å². The minimum atomic E-state index is -0.523. The molecule has 0 N–H and O–H groups in total. The number of hydrogen-bond donors (Lipinski definition) is 0. The molecule has 1 unspecified atom stereocenters. The Hall–Kier alpha value is -1.36. The molecule has 5 heteroatoms. The molecule has 0 radical (unpaired) electrons. The molecule has 0 aliphatic carbocycles. The van der Waals surface area contributed by atoms with Crippen molar-refractivity contribution in [3.05, 3.63) is 12.2 Å². The van der Waals surface area contributed by atoms with E-state index in [2.05, 4.69) is 32.9 Å². The van der Waals surface area contributed by atoms with E-state index < -0.39 is 6.10 Å². The Morgan fingerprint density at radius 2 is 0.780 bits per heavy atom. The summed E-state index contributed by atoms with van der Waals surface area (Å²) in [7, 11) is 0. The molecule has 0 aromatic rings. The number of carbonyl (C=O) groups is 2. The maximum Gasteiger partial charge on any atom is 0.306 e. The molecule has 0 fully saturated rings. The van der Waals surface area contributed by atoms with E-state index in [1.165, 1.54) is 167 Å². The lowest BCUT2D eigenvalue weighted by atomic mass is 10.1. The predicted molar refractivity (Wildman–Crippen MR) is 215 cm³/mol. The van der Waals surface area contributed by atoms with Crippen LogP contribution in [0, 0.1) is 0 Å². The van der Waals surface area contributed by atoms with Crippen LogP contribution in [0.25, 0.3) is 0 Å². The van der Waals surface area contributed by atoms with Crippen LogP contribution in [0.1, 0.15) is 239 Å². The zero-order valence-corrected chi connectivity index (χ0v) is 33.9. The maximum absolute atomic E-state index is 12.5. The molecule has 296 valence electrons. The predicted octanol–water partition coefficient (Wildman–Crippen LogP) is 14.3. The molecule has 0 aliphatic rings. The van der Waals surface area contributed by atoms with Gasteiger partial charge in [0.05, 0.1) is 6.61 Å². The van der Waals surface area contributed by atoms with Gasteiger partial charge in [0.15, 0.2) is 6.10 Å². The Labute approximate surface area is 312 Å². The fraction of sp³-hybridized carbons (Fsp3) is 0.911. The van der Waals surface area contributed by atoms with Crippen molar-refractivity contribution < 1.29 is 23.8 Å². The molecular weight excluding hydrogens is 620 g/mol. The first kappa shape index (κ1) is 48.6. The van der Waals surface area contributed by atoms with Crippen LogP contribution in [0.15, 0.2) is 12.2 Å². The van der Waals surface area contributed by atoms with E-state index in [-0.39, 0.29) is 18.5 Å². The van der Waals surface area contributed by atoms with Crippen LogP contribution in [0.4, 0.5) is 0 Å². The second-order valence-corrected chi connectivity index (χ2v) is 15.0. The lowest BCUT2D eigenvalue weighted by molar-refractivity contribution is -0.163. The molecule has 0 bridgehead atoms. The summed E-state index contributed by atoms with van der Waals surface area (Å²) >= 11 is 0. The Balaban J connectivity index is 4.02. The van der Waals surface area contributed by atoms with Crippen LogP contribution in [0.2, 0.25) is 0 Å². The SMILES string of the molecule is CCCCCCCC/C=C\CCCCCCCCCC(=O)OCC(COCCCCCCCCCCCCCC)OC(=O)CCCCCCC. The molecule has 0 spiro atoms. The monoisotopic (exact) mass is 707 g/mol. The van der Waals surface area contributed by atoms with E-state index in [9.17, 15) is 9.59 Å². The van der Waals surface area contributed by atoms with Gasteiger partial charge in [0.1, 0.15) is 6.61 Å². The third-order valence-corrected chi connectivity index (χ3v) is 9.80. The second kappa shape index (κ2) is 42.1. The van der Waals surface area contributed by atoms with Crippen LogP contribution in [-0.2, 0) is 23.8 Å². The van der Waals surface area contributed by atoms with Crippen molar-refractivity contribution in [3.63, 3.8) is 0 Å². The normalized spacial score (nSPS) is 12.1. The average molecular weight is 707 g/mol. The number of unbranched alkanes of at least 4 members (excludes halogenated alkanes) is 28. The van der Waals surface area contributed by atoms with Crippen molar-refractivity contribution in [1.29, 1.82) is 0 Å². The molecule has 0 aliphatic heterocycles. The van der Waals surface area contributed by atoms with Crippen LogP contribution >= 0.6 is 0 Å². The number of carbonyl (C=O) groups excluding carboxylic acids is 2.